The van der Waals surface area contributed by atoms with Gasteiger partial charge in [0.15, 0.2) is 8.32 Å². The third-order valence-electron chi connectivity index (χ3n) is 3.28. The first kappa shape index (κ1) is 13.2. The molecule has 3 nitrogen and oxygen atoms in total. The number of unbranched alkanes of at least 4 members (excludes halogenated alkanes) is 2. The highest BCUT2D eigenvalue weighted by atomic mass is 28.4. The maximum absolute atomic E-state index is 8.58. The minimum absolute atomic E-state index is 0.649. The molecule has 1 rings (SSSR count). The van der Waals surface area contributed by atoms with Gasteiger partial charge in [-0.1, -0.05) is 6.42 Å². The molecule has 0 aromatic carbocycles. The van der Waals surface area contributed by atoms with E-state index in [1.165, 1.54) is 18.9 Å². The van der Waals surface area contributed by atoms with Crippen LogP contribution in [0.1, 0.15) is 38.5 Å². The Kier molecular flexibility index (Phi) is 6.14. The second-order valence-corrected chi connectivity index (χ2v) is 8.67. The van der Waals surface area contributed by atoms with Crippen molar-refractivity contribution in [1.82, 2.24) is 0 Å². The lowest BCUT2D eigenvalue weighted by Crippen LogP contribution is -2.41. The lowest BCUT2D eigenvalue weighted by molar-refractivity contribution is 0.264. The predicted octanol–water partition coefficient (Wildman–Crippen LogP) is 3.35. The van der Waals surface area contributed by atoms with Crippen LogP contribution in [0.4, 0.5) is 0 Å². The van der Waals surface area contributed by atoms with Gasteiger partial charge in [0.25, 0.3) is 0 Å². The second-order valence-electron chi connectivity index (χ2n) is 4.51. The van der Waals surface area contributed by atoms with Gasteiger partial charge in [0.05, 0.1) is 12.1 Å². The third kappa shape index (κ3) is 4.34. The molecule has 0 aromatic rings. The predicted molar refractivity (Wildman–Crippen MR) is 65.1 cm³/mol. The van der Waals surface area contributed by atoms with Crippen LogP contribution in [-0.4, -0.2) is 14.9 Å². The highest BCUT2D eigenvalue weighted by molar-refractivity contribution is 6.73. The minimum atomic E-state index is -1.56. The van der Waals surface area contributed by atoms with Gasteiger partial charge in [0, 0.05) is 19.4 Å². The molecule has 88 valence electrons. The molecule has 0 aromatic heterocycles. The van der Waals surface area contributed by atoms with Gasteiger partial charge in [-0.05, 0) is 37.4 Å². The van der Waals surface area contributed by atoms with E-state index in [1.54, 1.807) is 0 Å². The van der Waals surface area contributed by atoms with Gasteiger partial charge in [-0.3, -0.25) is 0 Å². The summed E-state index contributed by atoms with van der Waals surface area (Å²) in [4.78, 5) is 0. The second kappa shape index (κ2) is 7.43. The quantitative estimate of drug-likeness (QED) is 0.525. The van der Waals surface area contributed by atoms with Crippen molar-refractivity contribution in [2.45, 2.75) is 56.7 Å². The van der Waals surface area contributed by atoms with Crippen LogP contribution in [0, 0.1) is 22.7 Å². The topological polar surface area (TPSA) is 56.8 Å². The Hall–Kier alpha value is -0.843. The van der Waals surface area contributed by atoms with E-state index < -0.39 is 8.32 Å². The summed E-state index contributed by atoms with van der Waals surface area (Å²) in [6.45, 7) is 0.908. The Balaban J connectivity index is 2.40. The molecule has 0 aliphatic carbocycles. The molecule has 0 saturated carbocycles. The fraction of sp³-hybridized carbons (Fsp3) is 0.833. The SMILES string of the molecule is N#CCCC[Si]1(CCCC#N)CCCCO1. The lowest BCUT2D eigenvalue weighted by atomic mass is 10.3. The van der Waals surface area contributed by atoms with Gasteiger partial charge in [0.2, 0.25) is 0 Å². The van der Waals surface area contributed by atoms with E-state index in [0.29, 0.717) is 12.8 Å². The largest absolute Gasteiger partial charge is 0.417 e. The summed E-state index contributed by atoms with van der Waals surface area (Å²) >= 11 is 0. The summed E-state index contributed by atoms with van der Waals surface area (Å²) in [5.41, 5.74) is 0. The Morgan fingerprint density at radius 1 is 1.00 bits per heavy atom. The number of nitrogens with zero attached hydrogens (tertiary/aromatic N) is 2. The molecule has 0 bridgehead atoms. The highest BCUT2D eigenvalue weighted by Crippen LogP contribution is 2.32. The van der Waals surface area contributed by atoms with Crippen LogP contribution in [0.15, 0.2) is 0 Å². The van der Waals surface area contributed by atoms with Crippen LogP contribution in [-0.2, 0) is 4.43 Å². The number of nitriles is 2. The van der Waals surface area contributed by atoms with E-state index in [9.17, 15) is 0 Å². The first-order valence-corrected chi connectivity index (χ1v) is 8.74. The summed E-state index contributed by atoms with van der Waals surface area (Å²) in [6.07, 6.45) is 5.73. The van der Waals surface area contributed by atoms with Gasteiger partial charge in [0.1, 0.15) is 0 Å². The van der Waals surface area contributed by atoms with Crippen molar-refractivity contribution in [3.05, 3.63) is 0 Å². The summed E-state index contributed by atoms with van der Waals surface area (Å²) < 4.78 is 6.08. The summed E-state index contributed by atoms with van der Waals surface area (Å²) in [5, 5.41) is 17.2. The number of hydrogen-bond acceptors (Lipinski definition) is 3. The van der Waals surface area contributed by atoms with Gasteiger partial charge >= 0.3 is 0 Å². The van der Waals surface area contributed by atoms with Crippen molar-refractivity contribution in [1.29, 1.82) is 10.5 Å². The van der Waals surface area contributed by atoms with Crippen LogP contribution in [0.25, 0.3) is 0 Å². The van der Waals surface area contributed by atoms with Crippen LogP contribution >= 0.6 is 0 Å². The molecular formula is C12H20N2OSi. The van der Waals surface area contributed by atoms with E-state index in [-0.39, 0.29) is 0 Å². The molecule has 1 aliphatic heterocycles. The molecule has 0 spiro atoms. The van der Waals surface area contributed by atoms with Crippen LogP contribution in [0.5, 0.6) is 0 Å². The fourth-order valence-corrected chi connectivity index (χ4v) is 6.71. The van der Waals surface area contributed by atoms with Crippen LogP contribution < -0.4 is 0 Å². The zero-order chi connectivity index (χ0) is 11.7. The van der Waals surface area contributed by atoms with Gasteiger partial charge in [-0.2, -0.15) is 10.5 Å². The Morgan fingerprint density at radius 2 is 1.62 bits per heavy atom. The molecular weight excluding hydrogens is 216 g/mol. The average molecular weight is 236 g/mol. The maximum atomic E-state index is 8.58. The first-order chi connectivity index (χ1) is 7.83. The lowest BCUT2D eigenvalue weighted by Gasteiger charge is -2.35. The highest BCUT2D eigenvalue weighted by Gasteiger charge is 2.35. The van der Waals surface area contributed by atoms with Crippen molar-refractivity contribution >= 4 is 8.32 Å². The fourth-order valence-electron chi connectivity index (χ4n) is 2.41. The Bertz CT molecular complexity index is 252. The zero-order valence-electron chi connectivity index (χ0n) is 9.87. The molecule has 0 amide bonds. The molecule has 1 fully saturated rings. The van der Waals surface area contributed by atoms with Crippen LogP contribution in [0.2, 0.25) is 18.1 Å². The molecule has 0 unspecified atom stereocenters. The number of rotatable bonds is 6. The molecule has 1 saturated heterocycles. The normalized spacial score (nSPS) is 18.6. The maximum Gasteiger partial charge on any atom is 0.192 e. The molecule has 0 N–H and O–H groups in total. The van der Waals surface area contributed by atoms with Crippen molar-refractivity contribution in [2.75, 3.05) is 6.61 Å². The molecule has 0 radical (unpaired) electrons. The minimum Gasteiger partial charge on any atom is -0.417 e. The number of hydrogen-bond donors (Lipinski definition) is 0. The first-order valence-electron chi connectivity index (χ1n) is 6.21. The third-order valence-corrected chi connectivity index (χ3v) is 7.89. The Morgan fingerprint density at radius 3 is 2.06 bits per heavy atom. The molecule has 4 heteroatoms. The molecule has 16 heavy (non-hydrogen) atoms. The smallest absolute Gasteiger partial charge is 0.192 e. The van der Waals surface area contributed by atoms with Gasteiger partial charge in [-0.15, -0.1) is 0 Å². The van der Waals surface area contributed by atoms with E-state index in [4.69, 9.17) is 14.9 Å². The Labute approximate surface area is 99.2 Å². The van der Waals surface area contributed by atoms with Gasteiger partial charge < -0.3 is 4.43 Å². The van der Waals surface area contributed by atoms with E-state index >= 15 is 0 Å². The zero-order valence-corrected chi connectivity index (χ0v) is 10.9. The van der Waals surface area contributed by atoms with E-state index in [0.717, 1.165) is 31.5 Å². The van der Waals surface area contributed by atoms with Gasteiger partial charge in [-0.25, -0.2) is 0 Å². The molecule has 0 atom stereocenters. The van der Waals surface area contributed by atoms with E-state index in [1.807, 2.05) is 0 Å². The monoisotopic (exact) mass is 236 g/mol. The van der Waals surface area contributed by atoms with Crippen molar-refractivity contribution in [3.8, 4) is 12.1 Å². The average Bonchev–Trinajstić information content (AvgIpc) is 2.31. The summed E-state index contributed by atoms with van der Waals surface area (Å²) in [7, 11) is -1.56. The van der Waals surface area contributed by atoms with Crippen molar-refractivity contribution in [3.63, 3.8) is 0 Å². The van der Waals surface area contributed by atoms with Crippen molar-refractivity contribution in [2.24, 2.45) is 0 Å². The van der Waals surface area contributed by atoms with E-state index in [2.05, 4.69) is 12.1 Å². The molecule has 1 aliphatic rings. The summed E-state index contributed by atoms with van der Waals surface area (Å²) in [5.74, 6) is 0. The van der Waals surface area contributed by atoms with Crippen molar-refractivity contribution < 1.29 is 4.43 Å². The standard InChI is InChI=1S/C12H20N2OSi/c13-7-1-4-10-16(11-5-2-8-14)12-6-3-9-15-16/h1-6,9-12H2. The molecule has 1 heterocycles. The summed E-state index contributed by atoms with van der Waals surface area (Å²) in [6, 6.07) is 7.89. The van der Waals surface area contributed by atoms with Crippen LogP contribution in [0.3, 0.4) is 0 Å².